The molecule has 0 fully saturated rings. The second kappa shape index (κ2) is 16.1. The molecule has 15 heteroatoms. The van der Waals surface area contributed by atoms with E-state index in [2.05, 4.69) is 34.3 Å². The molecule has 0 unspecified atom stereocenters. The third kappa shape index (κ3) is 16.9. The van der Waals surface area contributed by atoms with E-state index in [1.807, 2.05) is 0 Å². The lowest BCUT2D eigenvalue weighted by Crippen LogP contribution is -2.06. The number of halogens is 1. The molecule has 2 aromatic heterocycles. The summed E-state index contributed by atoms with van der Waals surface area (Å²) in [7, 11) is 0.357. The first-order valence-electron chi connectivity index (χ1n) is 8.61. The summed E-state index contributed by atoms with van der Waals surface area (Å²) < 4.78 is 53.8. The van der Waals surface area contributed by atoms with Crippen LogP contribution in [0, 0.1) is 0 Å². The number of aliphatic hydroxyl groups excluding tert-OH is 1. The van der Waals surface area contributed by atoms with Crippen LogP contribution in [0.15, 0.2) is 36.7 Å². The number of esters is 2. The van der Waals surface area contributed by atoms with Crippen LogP contribution in [0.2, 0.25) is 0 Å². The van der Waals surface area contributed by atoms with Crippen molar-refractivity contribution in [1.29, 1.82) is 0 Å². The van der Waals surface area contributed by atoms with Crippen molar-refractivity contribution in [2.75, 3.05) is 26.7 Å². The van der Waals surface area contributed by atoms with Gasteiger partial charge in [0.1, 0.15) is 6.61 Å². The Morgan fingerprint density at radius 1 is 0.912 bits per heavy atom. The Bertz CT molecular complexity index is 1130. The van der Waals surface area contributed by atoms with E-state index in [1.165, 1.54) is 50.9 Å². The maximum absolute atomic E-state index is 11.2. The van der Waals surface area contributed by atoms with Gasteiger partial charge in [0.15, 0.2) is 0 Å². The summed E-state index contributed by atoms with van der Waals surface area (Å²) in [6.45, 7) is -0.380. The normalized spacial score (nSPS) is 10.3. The van der Waals surface area contributed by atoms with Crippen LogP contribution in [0.4, 0.5) is 0 Å². The number of rotatable bonds is 6. The van der Waals surface area contributed by atoms with Gasteiger partial charge < -0.3 is 14.6 Å². The largest absolute Gasteiger partial charge is 0.465 e. The molecule has 1 N–H and O–H groups in total. The number of carbonyl (C=O) groups excluding carboxylic acids is 2. The molecule has 2 aromatic rings. The van der Waals surface area contributed by atoms with E-state index in [0.717, 1.165) is 12.5 Å². The van der Waals surface area contributed by atoms with Gasteiger partial charge in [-0.2, -0.15) is 8.42 Å². The fourth-order valence-electron chi connectivity index (χ4n) is 1.78. The van der Waals surface area contributed by atoms with Crippen molar-refractivity contribution in [3.8, 4) is 0 Å². The molecule has 0 radical (unpaired) electrons. The fraction of sp³-hybridized carbons (Fsp3) is 0.368. The summed E-state index contributed by atoms with van der Waals surface area (Å²) in [5, 5.41) is 8.70. The van der Waals surface area contributed by atoms with Gasteiger partial charge in [-0.15, -0.1) is 0 Å². The average Bonchev–Trinajstić information content (AvgIpc) is 2.75. The summed E-state index contributed by atoms with van der Waals surface area (Å²) in [6, 6.07) is 5.91. The molecule has 0 amide bonds. The second-order valence-corrected chi connectivity index (χ2v) is 10.5. The van der Waals surface area contributed by atoms with Crippen molar-refractivity contribution >= 4 is 41.8 Å². The number of hydrogen-bond donors (Lipinski definition) is 1. The van der Waals surface area contributed by atoms with Crippen LogP contribution in [0.5, 0.6) is 0 Å². The van der Waals surface area contributed by atoms with Gasteiger partial charge in [0, 0.05) is 23.1 Å². The third-order valence-electron chi connectivity index (χ3n) is 3.06. The molecule has 192 valence electrons. The zero-order valence-corrected chi connectivity index (χ0v) is 20.5. The number of pyridine rings is 2. The zero-order valence-electron chi connectivity index (χ0n) is 18.1. The summed E-state index contributed by atoms with van der Waals surface area (Å²) in [6.07, 6.45) is 4.71. The van der Waals surface area contributed by atoms with E-state index in [9.17, 15) is 26.4 Å². The minimum Gasteiger partial charge on any atom is -0.465 e. The second-order valence-electron chi connectivity index (χ2n) is 5.86. The van der Waals surface area contributed by atoms with Gasteiger partial charge >= 0.3 is 11.9 Å². The molecule has 0 atom stereocenters. The molecular weight excluding hydrogens is 516 g/mol. The predicted molar refractivity (Wildman–Crippen MR) is 124 cm³/mol. The molecule has 2 rings (SSSR count). The number of carbonyl (C=O) groups is 2. The molecule has 0 aromatic carbocycles. The topological polar surface area (TPSA) is 176 Å². The van der Waals surface area contributed by atoms with E-state index < -0.39 is 31.1 Å². The van der Waals surface area contributed by atoms with E-state index in [-0.39, 0.29) is 20.6 Å². The number of hydrogen-bond acceptors (Lipinski definition) is 12. The Balaban J connectivity index is 0. The molecule has 0 aliphatic carbocycles. The Morgan fingerprint density at radius 2 is 1.29 bits per heavy atom. The van der Waals surface area contributed by atoms with Gasteiger partial charge in [0.05, 0.1) is 55.9 Å². The smallest absolute Gasteiger partial charge is 0.337 e. The molecular formula is C19H27ClN2O10S2. The molecule has 0 saturated heterocycles. The highest BCUT2D eigenvalue weighted by Crippen LogP contribution is 2.06. The number of aromatic nitrogens is 2. The number of aliphatic hydroxyl groups is 1. The van der Waals surface area contributed by atoms with Crippen LogP contribution in [0.25, 0.3) is 0 Å². The van der Waals surface area contributed by atoms with Gasteiger partial charge in [-0.3, -0.25) is 14.2 Å². The quantitative estimate of drug-likeness (QED) is 0.317. The van der Waals surface area contributed by atoms with Gasteiger partial charge in [-0.1, -0.05) is 7.43 Å². The van der Waals surface area contributed by atoms with Crippen LogP contribution in [-0.2, 0) is 46.0 Å². The third-order valence-corrected chi connectivity index (χ3v) is 3.60. The summed E-state index contributed by atoms with van der Waals surface area (Å²) in [5.74, 6) is -0.935. The van der Waals surface area contributed by atoms with Gasteiger partial charge in [0.2, 0.25) is 9.05 Å². The van der Waals surface area contributed by atoms with Gasteiger partial charge in [-0.05, 0) is 24.3 Å². The standard InChI is InChI=1S/C9H11NO5S.C8H9NO3.CH3ClO2S.CH4/c1-14-9(11)7-3-4-10-8(5-7)6-15-16(2,12)13;1-12-8(11)6-2-3-9-7(4-6)5-10;1-5(2,3)4;/h3-5H,6H2,1-2H3;2-4,10H,5H2,1H3;1H3;1H4. The van der Waals surface area contributed by atoms with Crippen LogP contribution in [0.1, 0.15) is 39.5 Å². The highest BCUT2D eigenvalue weighted by molar-refractivity contribution is 8.13. The highest BCUT2D eigenvalue weighted by atomic mass is 35.7. The Kier molecular flexibility index (Phi) is 15.8. The van der Waals surface area contributed by atoms with Crippen molar-refractivity contribution in [2.24, 2.45) is 0 Å². The Hall–Kier alpha value is -2.65. The first-order valence-corrected chi connectivity index (χ1v) is 13.1. The molecule has 0 spiro atoms. The van der Waals surface area contributed by atoms with Crippen molar-refractivity contribution < 1.29 is 45.2 Å². The molecule has 0 bridgehead atoms. The van der Waals surface area contributed by atoms with Gasteiger partial charge in [0.25, 0.3) is 10.1 Å². The number of ether oxygens (including phenoxy) is 2. The minimum absolute atomic E-state index is 0. The van der Waals surface area contributed by atoms with E-state index in [0.29, 0.717) is 22.5 Å². The Morgan fingerprint density at radius 3 is 1.65 bits per heavy atom. The van der Waals surface area contributed by atoms with E-state index in [4.69, 9.17) is 5.11 Å². The van der Waals surface area contributed by atoms with E-state index >= 15 is 0 Å². The molecule has 2 heterocycles. The van der Waals surface area contributed by atoms with Crippen LogP contribution < -0.4 is 0 Å². The monoisotopic (exact) mass is 542 g/mol. The summed E-state index contributed by atoms with van der Waals surface area (Å²) in [4.78, 5) is 29.8. The average molecular weight is 543 g/mol. The van der Waals surface area contributed by atoms with Crippen LogP contribution in [0.3, 0.4) is 0 Å². The van der Waals surface area contributed by atoms with Crippen molar-refractivity contribution in [3.63, 3.8) is 0 Å². The van der Waals surface area contributed by atoms with Crippen molar-refractivity contribution in [2.45, 2.75) is 20.6 Å². The first kappa shape index (κ1) is 33.5. The maximum Gasteiger partial charge on any atom is 0.337 e. The maximum atomic E-state index is 11.2. The minimum atomic E-state index is -3.52. The molecule has 0 aliphatic rings. The number of methoxy groups -OCH3 is 2. The summed E-state index contributed by atoms with van der Waals surface area (Å²) >= 11 is 0. The van der Waals surface area contributed by atoms with E-state index in [1.54, 1.807) is 0 Å². The predicted octanol–water partition coefficient (Wildman–Crippen LogP) is 1.53. The first-order chi connectivity index (χ1) is 15.2. The zero-order chi connectivity index (χ0) is 25.7. The van der Waals surface area contributed by atoms with Crippen LogP contribution >= 0.6 is 10.7 Å². The van der Waals surface area contributed by atoms with Gasteiger partial charge in [-0.25, -0.2) is 18.0 Å². The fourth-order valence-corrected chi connectivity index (χ4v) is 2.11. The molecule has 34 heavy (non-hydrogen) atoms. The molecule has 0 saturated carbocycles. The SMILES string of the molecule is C.COC(=O)c1ccnc(CO)c1.COC(=O)c1ccnc(COS(C)(=O)=O)c1.CS(=O)(=O)Cl. The van der Waals surface area contributed by atoms with Crippen LogP contribution in [-0.4, -0.2) is 70.6 Å². The Labute approximate surface area is 203 Å². The lowest BCUT2D eigenvalue weighted by atomic mass is 10.2. The van der Waals surface area contributed by atoms with Crippen molar-refractivity contribution in [1.82, 2.24) is 9.97 Å². The molecule has 0 aliphatic heterocycles. The highest BCUT2D eigenvalue weighted by Gasteiger charge is 2.08. The lowest BCUT2D eigenvalue weighted by molar-refractivity contribution is 0.0591. The molecule has 12 nitrogen and oxygen atoms in total. The summed E-state index contributed by atoms with van der Waals surface area (Å²) in [5.41, 5.74) is 1.49. The van der Waals surface area contributed by atoms with Crippen molar-refractivity contribution in [3.05, 3.63) is 59.2 Å². The lowest BCUT2D eigenvalue weighted by Gasteiger charge is -2.03. The number of nitrogens with zero attached hydrogens (tertiary/aromatic N) is 2.